The maximum atomic E-state index is 5.46. The summed E-state index contributed by atoms with van der Waals surface area (Å²) in [7, 11) is 0. The Hall–Kier alpha value is -1.20. The molecule has 2 rings (SSSR count). The predicted octanol–water partition coefficient (Wildman–Crippen LogP) is -0.156. The summed E-state index contributed by atoms with van der Waals surface area (Å²) in [5.74, 6) is 0.543. The molecule has 0 aliphatic carbocycles. The van der Waals surface area contributed by atoms with E-state index in [2.05, 4.69) is 15.3 Å². The van der Waals surface area contributed by atoms with Crippen LogP contribution in [0.4, 0.5) is 0 Å². The molecule has 1 aromatic rings. The smallest absolute Gasteiger partial charge is 0.232 e. The molecule has 0 aromatic carbocycles. The minimum Gasteiger partial charge on any atom is -0.474 e. The minimum absolute atomic E-state index is 0.116. The van der Waals surface area contributed by atoms with Gasteiger partial charge >= 0.3 is 0 Å². The summed E-state index contributed by atoms with van der Waals surface area (Å²) in [5.41, 5.74) is 0. The molecule has 1 N–H and O–H groups in total. The van der Waals surface area contributed by atoms with Crippen LogP contribution in [-0.2, 0) is 4.74 Å². The second kappa shape index (κ2) is 4.88. The van der Waals surface area contributed by atoms with Crippen LogP contribution in [0.3, 0.4) is 0 Å². The number of nitrogens with one attached hydrogen (secondary N) is 1. The van der Waals surface area contributed by atoms with Gasteiger partial charge in [-0.1, -0.05) is 0 Å². The number of ether oxygens (including phenoxy) is 2. The summed E-state index contributed by atoms with van der Waals surface area (Å²) >= 11 is 0. The Morgan fingerprint density at radius 2 is 2.57 bits per heavy atom. The topological polar surface area (TPSA) is 56.3 Å². The number of nitrogens with zero attached hydrogens (tertiary/aromatic N) is 2. The van der Waals surface area contributed by atoms with Crippen LogP contribution < -0.4 is 10.1 Å². The Morgan fingerprint density at radius 3 is 3.29 bits per heavy atom. The summed E-state index contributed by atoms with van der Waals surface area (Å²) in [6.45, 7) is 3.02. The van der Waals surface area contributed by atoms with Crippen LogP contribution in [0.2, 0.25) is 0 Å². The normalized spacial score (nSPS) is 21.9. The van der Waals surface area contributed by atoms with E-state index in [4.69, 9.17) is 9.47 Å². The van der Waals surface area contributed by atoms with Crippen molar-refractivity contribution in [1.82, 2.24) is 15.3 Å². The van der Waals surface area contributed by atoms with Crippen molar-refractivity contribution >= 4 is 0 Å². The first-order chi connectivity index (χ1) is 6.95. The molecule has 76 valence electrons. The van der Waals surface area contributed by atoms with Gasteiger partial charge < -0.3 is 14.8 Å². The van der Waals surface area contributed by atoms with Gasteiger partial charge in [0.05, 0.1) is 12.8 Å². The van der Waals surface area contributed by atoms with E-state index < -0.39 is 0 Å². The van der Waals surface area contributed by atoms with Crippen molar-refractivity contribution in [2.45, 2.75) is 6.10 Å². The summed E-state index contributed by atoms with van der Waals surface area (Å²) in [4.78, 5) is 7.91. The van der Waals surface area contributed by atoms with E-state index >= 15 is 0 Å². The van der Waals surface area contributed by atoms with Crippen LogP contribution in [0.15, 0.2) is 18.6 Å². The van der Waals surface area contributed by atoms with Crippen molar-refractivity contribution in [3.8, 4) is 5.88 Å². The zero-order valence-corrected chi connectivity index (χ0v) is 7.85. The number of morpholine rings is 1. The van der Waals surface area contributed by atoms with Crippen molar-refractivity contribution < 1.29 is 9.47 Å². The van der Waals surface area contributed by atoms with E-state index in [-0.39, 0.29) is 6.10 Å². The average Bonchev–Trinajstić information content (AvgIpc) is 2.29. The van der Waals surface area contributed by atoms with Crippen LogP contribution in [0.25, 0.3) is 0 Å². The van der Waals surface area contributed by atoms with Crippen molar-refractivity contribution in [1.29, 1.82) is 0 Å². The molecule has 2 heterocycles. The quantitative estimate of drug-likeness (QED) is 0.726. The first-order valence-electron chi connectivity index (χ1n) is 4.66. The molecule has 0 amide bonds. The fourth-order valence-electron chi connectivity index (χ4n) is 1.27. The Morgan fingerprint density at radius 1 is 1.57 bits per heavy atom. The molecule has 0 spiro atoms. The van der Waals surface area contributed by atoms with Gasteiger partial charge in [-0.05, 0) is 0 Å². The minimum atomic E-state index is 0.116. The Labute approximate surface area is 82.5 Å². The van der Waals surface area contributed by atoms with Crippen LogP contribution in [0.1, 0.15) is 0 Å². The van der Waals surface area contributed by atoms with E-state index in [1.807, 2.05) is 0 Å². The number of hydrogen-bond donors (Lipinski definition) is 1. The summed E-state index contributed by atoms with van der Waals surface area (Å²) in [6.07, 6.45) is 4.93. The van der Waals surface area contributed by atoms with Gasteiger partial charge in [0.1, 0.15) is 12.7 Å². The zero-order valence-electron chi connectivity index (χ0n) is 7.85. The third-order valence-corrected chi connectivity index (χ3v) is 1.96. The molecule has 5 nitrogen and oxygen atoms in total. The van der Waals surface area contributed by atoms with E-state index in [9.17, 15) is 0 Å². The van der Waals surface area contributed by atoms with E-state index in [1.54, 1.807) is 18.6 Å². The fraction of sp³-hybridized carbons (Fsp3) is 0.556. The standard InChI is InChI=1S/C9H13N3O2/c1-2-12-9(6-10-1)14-7-8-5-11-3-4-13-8/h1-2,6,8,11H,3-5,7H2. The Kier molecular flexibility index (Phi) is 3.26. The first-order valence-corrected chi connectivity index (χ1v) is 4.66. The van der Waals surface area contributed by atoms with Crippen LogP contribution in [0, 0.1) is 0 Å². The van der Waals surface area contributed by atoms with E-state index in [0.717, 1.165) is 19.7 Å². The van der Waals surface area contributed by atoms with Gasteiger partial charge in [0, 0.05) is 25.5 Å². The van der Waals surface area contributed by atoms with E-state index in [0.29, 0.717) is 12.5 Å². The molecule has 1 fully saturated rings. The average molecular weight is 195 g/mol. The van der Waals surface area contributed by atoms with Gasteiger partial charge in [0.25, 0.3) is 0 Å². The monoisotopic (exact) mass is 195 g/mol. The predicted molar refractivity (Wildman–Crippen MR) is 50.1 cm³/mol. The maximum Gasteiger partial charge on any atom is 0.232 e. The molecule has 5 heteroatoms. The lowest BCUT2D eigenvalue weighted by Crippen LogP contribution is -2.41. The summed E-state index contributed by atoms with van der Waals surface area (Å²) < 4.78 is 10.9. The molecule has 1 saturated heterocycles. The van der Waals surface area contributed by atoms with Crippen LogP contribution in [-0.4, -0.2) is 42.4 Å². The summed E-state index contributed by atoms with van der Waals surface area (Å²) in [6, 6.07) is 0. The van der Waals surface area contributed by atoms with Gasteiger partial charge in [-0.25, -0.2) is 4.98 Å². The number of rotatable bonds is 3. The number of hydrogen-bond acceptors (Lipinski definition) is 5. The van der Waals surface area contributed by atoms with Crippen molar-refractivity contribution in [3.63, 3.8) is 0 Å². The van der Waals surface area contributed by atoms with Crippen molar-refractivity contribution in [3.05, 3.63) is 18.6 Å². The lowest BCUT2D eigenvalue weighted by atomic mass is 10.3. The van der Waals surface area contributed by atoms with Gasteiger partial charge in [0.15, 0.2) is 0 Å². The molecular formula is C9H13N3O2. The molecule has 0 bridgehead atoms. The molecule has 1 aliphatic rings. The molecule has 1 atom stereocenters. The van der Waals surface area contributed by atoms with Crippen LogP contribution in [0.5, 0.6) is 5.88 Å². The largest absolute Gasteiger partial charge is 0.474 e. The molecule has 1 aliphatic heterocycles. The van der Waals surface area contributed by atoms with Crippen LogP contribution >= 0.6 is 0 Å². The second-order valence-electron chi connectivity index (χ2n) is 3.05. The van der Waals surface area contributed by atoms with Gasteiger partial charge in [-0.3, -0.25) is 4.98 Å². The molecule has 0 radical (unpaired) electrons. The maximum absolute atomic E-state index is 5.46. The fourth-order valence-corrected chi connectivity index (χ4v) is 1.27. The third-order valence-electron chi connectivity index (χ3n) is 1.96. The van der Waals surface area contributed by atoms with Gasteiger partial charge in [-0.15, -0.1) is 0 Å². The molecular weight excluding hydrogens is 182 g/mol. The number of aromatic nitrogens is 2. The molecule has 0 saturated carbocycles. The summed E-state index contributed by atoms with van der Waals surface area (Å²) in [5, 5.41) is 3.23. The second-order valence-corrected chi connectivity index (χ2v) is 3.05. The molecule has 1 aromatic heterocycles. The molecule has 14 heavy (non-hydrogen) atoms. The van der Waals surface area contributed by atoms with Crippen molar-refractivity contribution in [2.24, 2.45) is 0 Å². The highest BCUT2D eigenvalue weighted by Crippen LogP contribution is 2.03. The lowest BCUT2D eigenvalue weighted by Gasteiger charge is -2.23. The van der Waals surface area contributed by atoms with Gasteiger partial charge in [-0.2, -0.15) is 0 Å². The Balaban J connectivity index is 1.76. The van der Waals surface area contributed by atoms with Crippen molar-refractivity contribution in [2.75, 3.05) is 26.3 Å². The van der Waals surface area contributed by atoms with Gasteiger partial charge in [0.2, 0.25) is 5.88 Å². The highest BCUT2D eigenvalue weighted by atomic mass is 16.5. The third kappa shape index (κ3) is 2.65. The highest BCUT2D eigenvalue weighted by molar-refractivity contribution is 5.01. The SMILES string of the molecule is c1cnc(OCC2CNCCO2)cn1. The van der Waals surface area contributed by atoms with E-state index in [1.165, 1.54) is 0 Å². The Bertz CT molecular complexity index is 262. The molecule has 1 unspecified atom stereocenters. The highest BCUT2D eigenvalue weighted by Gasteiger charge is 2.13. The lowest BCUT2D eigenvalue weighted by molar-refractivity contribution is -0.000822. The zero-order chi connectivity index (χ0) is 9.64. The first kappa shape index (κ1) is 9.36.